The fourth-order valence-corrected chi connectivity index (χ4v) is 4.89. The van der Waals surface area contributed by atoms with E-state index < -0.39 is 5.97 Å². The van der Waals surface area contributed by atoms with E-state index in [0.29, 0.717) is 4.88 Å². The molecule has 5 nitrogen and oxygen atoms in total. The van der Waals surface area contributed by atoms with Gasteiger partial charge in [0, 0.05) is 29.7 Å². The standard InChI is InChI=1S/C24H25NO4S/c1-28-19-12-16(13-20(14-19)29-2)15-25-11-10-18-5-3-4-17(23(18)25)6-7-21-8-9-22(30-21)24(26)27/h3-5,8-9,12-14H,6-7,10-11,15H2,1-2H3,(H,26,27). The summed E-state index contributed by atoms with van der Waals surface area (Å²) in [7, 11) is 3.34. The third-order valence-corrected chi connectivity index (χ3v) is 6.60. The predicted octanol–water partition coefficient (Wildman–Crippen LogP) is 4.81. The zero-order valence-electron chi connectivity index (χ0n) is 17.2. The largest absolute Gasteiger partial charge is 0.497 e. The van der Waals surface area contributed by atoms with E-state index in [1.165, 1.54) is 28.2 Å². The molecule has 4 rings (SSSR count). The second kappa shape index (κ2) is 8.79. The van der Waals surface area contributed by atoms with E-state index in [2.05, 4.69) is 35.2 Å². The van der Waals surface area contributed by atoms with Crippen LogP contribution in [0, 0.1) is 0 Å². The lowest BCUT2D eigenvalue weighted by molar-refractivity contribution is 0.0702. The number of ether oxygens (including phenoxy) is 2. The average molecular weight is 424 g/mol. The molecule has 0 spiro atoms. The summed E-state index contributed by atoms with van der Waals surface area (Å²) >= 11 is 1.36. The van der Waals surface area contributed by atoms with Crippen LogP contribution in [0.3, 0.4) is 0 Å². The highest BCUT2D eigenvalue weighted by Crippen LogP contribution is 2.35. The molecular formula is C24H25NO4S. The summed E-state index contributed by atoms with van der Waals surface area (Å²) in [5.74, 6) is 0.736. The Balaban J connectivity index is 1.54. The molecular weight excluding hydrogens is 398 g/mol. The highest BCUT2D eigenvalue weighted by atomic mass is 32.1. The third kappa shape index (κ3) is 4.28. The fraction of sp³-hybridized carbons (Fsp3) is 0.292. The maximum absolute atomic E-state index is 11.1. The van der Waals surface area contributed by atoms with Crippen molar-refractivity contribution >= 4 is 23.0 Å². The molecule has 0 saturated carbocycles. The van der Waals surface area contributed by atoms with Gasteiger partial charge in [-0.1, -0.05) is 18.2 Å². The number of carbonyl (C=O) groups is 1. The van der Waals surface area contributed by atoms with Gasteiger partial charge in [-0.2, -0.15) is 0 Å². The van der Waals surface area contributed by atoms with Gasteiger partial charge in [-0.15, -0.1) is 11.3 Å². The van der Waals surface area contributed by atoms with E-state index in [1.807, 2.05) is 12.1 Å². The molecule has 0 amide bonds. The molecule has 156 valence electrons. The molecule has 0 bridgehead atoms. The van der Waals surface area contributed by atoms with Crippen LogP contribution in [0.25, 0.3) is 0 Å². The highest BCUT2D eigenvalue weighted by molar-refractivity contribution is 7.13. The Morgan fingerprint density at radius 2 is 1.83 bits per heavy atom. The van der Waals surface area contributed by atoms with Gasteiger partial charge >= 0.3 is 5.97 Å². The zero-order valence-corrected chi connectivity index (χ0v) is 18.0. The van der Waals surface area contributed by atoms with Gasteiger partial charge in [-0.3, -0.25) is 0 Å². The van der Waals surface area contributed by atoms with Crippen molar-refractivity contribution in [2.45, 2.75) is 25.8 Å². The first-order valence-electron chi connectivity index (χ1n) is 9.97. The second-order valence-corrected chi connectivity index (χ2v) is 8.56. The number of carboxylic acid groups (broad SMARTS) is 1. The van der Waals surface area contributed by atoms with Gasteiger partial charge in [0.2, 0.25) is 0 Å². The smallest absolute Gasteiger partial charge is 0.345 e. The van der Waals surface area contributed by atoms with Crippen LogP contribution in [0.15, 0.2) is 48.5 Å². The maximum atomic E-state index is 11.1. The number of rotatable bonds is 8. The monoisotopic (exact) mass is 423 g/mol. The number of fused-ring (bicyclic) bond motifs is 1. The van der Waals surface area contributed by atoms with Crippen LogP contribution in [0.5, 0.6) is 11.5 Å². The van der Waals surface area contributed by atoms with Crippen molar-refractivity contribution in [3.05, 3.63) is 75.0 Å². The number of carboxylic acids is 1. The van der Waals surface area contributed by atoms with Crippen LogP contribution in [0.2, 0.25) is 0 Å². The van der Waals surface area contributed by atoms with E-state index in [-0.39, 0.29) is 0 Å². The molecule has 0 unspecified atom stereocenters. The van der Waals surface area contributed by atoms with E-state index in [0.717, 1.165) is 54.3 Å². The quantitative estimate of drug-likeness (QED) is 0.563. The number of thiophene rings is 1. The van der Waals surface area contributed by atoms with Crippen LogP contribution < -0.4 is 14.4 Å². The minimum absolute atomic E-state index is 0.400. The Labute approximate surface area is 180 Å². The van der Waals surface area contributed by atoms with Gasteiger partial charge < -0.3 is 19.5 Å². The number of aryl methyl sites for hydroxylation is 2. The molecule has 30 heavy (non-hydrogen) atoms. The molecule has 3 aromatic rings. The molecule has 2 aromatic carbocycles. The Morgan fingerprint density at radius 1 is 1.07 bits per heavy atom. The van der Waals surface area contributed by atoms with Crippen LogP contribution in [0.1, 0.15) is 31.2 Å². The Bertz CT molecular complexity index is 1040. The third-order valence-electron chi connectivity index (χ3n) is 5.47. The predicted molar refractivity (Wildman–Crippen MR) is 119 cm³/mol. The van der Waals surface area contributed by atoms with Crippen LogP contribution in [-0.4, -0.2) is 31.8 Å². The number of aromatic carboxylic acids is 1. The summed E-state index contributed by atoms with van der Waals surface area (Å²) in [4.78, 5) is 15.1. The number of methoxy groups -OCH3 is 2. The lowest BCUT2D eigenvalue weighted by atomic mass is 10.0. The van der Waals surface area contributed by atoms with Crippen molar-refractivity contribution in [2.24, 2.45) is 0 Å². The SMILES string of the molecule is COc1cc(CN2CCc3cccc(CCc4ccc(C(=O)O)s4)c32)cc(OC)c1. The summed E-state index contributed by atoms with van der Waals surface area (Å²) in [5, 5.41) is 9.15. The van der Waals surface area contributed by atoms with Gasteiger partial charge in [-0.05, 0) is 60.2 Å². The van der Waals surface area contributed by atoms with Crippen molar-refractivity contribution in [1.82, 2.24) is 0 Å². The van der Waals surface area contributed by atoms with Crippen LogP contribution in [0.4, 0.5) is 5.69 Å². The fourth-order valence-electron chi connectivity index (χ4n) is 4.04. The Hall–Kier alpha value is -2.99. The van der Waals surface area contributed by atoms with E-state index >= 15 is 0 Å². The van der Waals surface area contributed by atoms with Crippen molar-refractivity contribution in [3.8, 4) is 11.5 Å². The number of hydrogen-bond acceptors (Lipinski definition) is 5. The van der Waals surface area contributed by atoms with Crippen LogP contribution >= 0.6 is 11.3 Å². The highest BCUT2D eigenvalue weighted by Gasteiger charge is 2.22. The molecule has 2 heterocycles. The first kappa shape index (κ1) is 20.3. The molecule has 0 fully saturated rings. The maximum Gasteiger partial charge on any atom is 0.345 e. The van der Waals surface area contributed by atoms with Gasteiger partial charge in [0.15, 0.2) is 0 Å². The number of anilines is 1. The van der Waals surface area contributed by atoms with Crippen LogP contribution in [-0.2, 0) is 25.8 Å². The molecule has 1 aliphatic rings. The number of nitrogens with zero attached hydrogens (tertiary/aromatic N) is 1. The first-order chi connectivity index (χ1) is 14.6. The number of hydrogen-bond donors (Lipinski definition) is 1. The van der Waals surface area contributed by atoms with E-state index in [4.69, 9.17) is 14.6 Å². The molecule has 0 radical (unpaired) electrons. The normalized spacial score (nSPS) is 12.7. The van der Waals surface area contributed by atoms with Gasteiger partial charge in [0.1, 0.15) is 16.4 Å². The molecule has 1 aliphatic heterocycles. The molecule has 1 N–H and O–H groups in total. The topological polar surface area (TPSA) is 59.0 Å². The van der Waals surface area contributed by atoms with Crippen molar-refractivity contribution in [3.63, 3.8) is 0 Å². The lowest BCUT2D eigenvalue weighted by Crippen LogP contribution is -2.21. The summed E-state index contributed by atoms with van der Waals surface area (Å²) in [6, 6.07) is 16.2. The van der Waals surface area contributed by atoms with Crippen molar-refractivity contribution in [1.29, 1.82) is 0 Å². The molecule has 6 heteroatoms. The lowest BCUT2D eigenvalue weighted by Gasteiger charge is -2.23. The van der Waals surface area contributed by atoms with Crippen molar-refractivity contribution < 1.29 is 19.4 Å². The van der Waals surface area contributed by atoms with E-state index in [1.54, 1.807) is 20.3 Å². The summed E-state index contributed by atoms with van der Waals surface area (Å²) < 4.78 is 10.8. The minimum Gasteiger partial charge on any atom is -0.497 e. The number of benzene rings is 2. The second-order valence-electron chi connectivity index (χ2n) is 7.39. The average Bonchev–Trinajstić information content (AvgIpc) is 3.40. The minimum atomic E-state index is -0.855. The Morgan fingerprint density at radius 3 is 2.50 bits per heavy atom. The Kier molecular flexibility index (Phi) is 5.95. The van der Waals surface area contributed by atoms with E-state index in [9.17, 15) is 4.79 Å². The van der Waals surface area contributed by atoms with Gasteiger partial charge in [-0.25, -0.2) is 4.79 Å². The summed E-state index contributed by atoms with van der Waals surface area (Å²) in [5.41, 5.74) is 5.15. The molecule has 0 saturated heterocycles. The van der Waals surface area contributed by atoms with Crippen molar-refractivity contribution in [2.75, 3.05) is 25.7 Å². The van der Waals surface area contributed by atoms with Gasteiger partial charge in [0.05, 0.1) is 14.2 Å². The summed E-state index contributed by atoms with van der Waals surface area (Å²) in [6.45, 7) is 1.77. The molecule has 0 atom stereocenters. The molecule has 1 aromatic heterocycles. The summed E-state index contributed by atoms with van der Waals surface area (Å²) in [6.07, 6.45) is 2.77. The molecule has 0 aliphatic carbocycles. The number of para-hydroxylation sites is 1. The van der Waals surface area contributed by atoms with Gasteiger partial charge in [0.25, 0.3) is 0 Å². The first-order valence-corrected chi connectivity index (χ1v) is 10.8. The zero-order chi connectivity index (χ0) is 21.1.